The van der Waals surface area contributed by atoms with Gasteiger partial charge in [0.05, 0.1) is 11.3 Å². The molecular formula is C22H19ClF3N3O. The van der Waals surface area contributed by atoms with E-state index >= 15 is 0 Å². The average Bonchev–Trinajstić information content (AvgIpc) is 2.70. The molecule has 0 atom stereocenters. The molecule has 1 N–H and O–H groups in total. The van der Waals surface area contributed by atoms with Crippen LogP contribution in [0.15, 0.2) is 47.3 Å². The van der Waals surface area contributed by atoms with E-state index in [1.807, 2.05) is 25.1 Å². The number of H-pyrrole nitrogens is 1. The summed E-state index contributed by atoms with van der Waals surface area (Å²) in [5.41, 5.74) is 2.82. The maximum Gasteiger partial charge on any atom is 0.416 e. The van der Waals surface area contributed by atoms with Crippen LogP contribution < -0.4 is 5.56 Å². The quantitative estimate of drug-likeness (QED) is 0.634. The standard InChI is InChI=1S/C22H19ClF3N3O/c1-13-2-3-14(10-18(13)23)11-29-9-8-17-19(12-29)27-20(28-21(17)30)15-4-6-16(7-5-15)22(24,25)26/h2-7,10H,8-9,11-12H2,1H3,(H,27,28,30). The van der Waals surface area contributed by atoms with Crippen molar-refractivity contribution in [1.29, 1.82) is 0 Å². The number of aromatic nitrogens is 2. The van der Waals surface area contributed by atoms with Gasteiger partial charge in [0.25, 0.3) is 5.56 Å². The number of hydrogen-bond donors (Lipinski definition) is 1. The second kappa shape index (κ2) is 7.89. The van der Waals surface area contributed by atoms with Crippen LogP contribution in [0.4, 0.5) is 13.2 Å². The Morgan fingerprint density at radius 3 is 2.57 bits per heavy atom. The van der Waals surface area contributed by atoms with Crippen molar-refractivity contribution in [3.8, 4) is 11.4 Å². The molecule has 1 aliphatic rings. The molecule has 8 heteroatoms. The van der Waals surface area contributed by atoms with Crippen molar-refractivity contribution in [2.75, 3.05) is 6.54 Å². The van der Waals surface area contributed by atoms with E-state index in [9.17, 15) is 18.0 Å². The van der Waals surface area contributed by atoms with Gasteiger partial charge in [0.1, 0.15) is 5.82 Å². The average molecular weight is 434 g/mol. The number of benzene rings is 2. The molecule has 0 bridgehead atoms. The molecule has 2 aromatic carbocycles. The molecule has 0 fully saturated rings. The van der Waals surface area contributed by atoms with Gasteiger partial charge in [-0.1, -0.05) is 35.9 Å². The van der Waals surface area contributed by atoms with Gasteiger partial charge in [-0.05, 0) is 42.7 Å². The number of halogens is 4. The zero-order valence-electron chi connectivity index (χ0n) is 16.2. The minimum Gasteiger partial charge on any atom is -0.306 e. The molecule has 0 aliphatic carbocycles. The molecule has 156 valence electrons. The van der Waals surface area contributed by atoms with Crippen molar-refractivity contribution in [3.63, 3.8) is 0 Å². The van der Waals surface area contributed by atoms with Gasteiger partial charge in [-0.15, -0.1) is 0 Å². The van der Waals surface area contributed by atoms with Gasteiger partial charge in [-0.25, -0.2) is 4.98 Å². The Labute approximate surface area is 176 Å². The summed E-state index contributed by atoms with van der Waals surface area (Å²) in [5, 5.41) is 0.712. The molecule has 4 rings (SSSR count). The van der Waals surface area contributed by atoms with Crippen molar-refractivity contribution < 1.29 is 13.2 Å². The second-order valence-corrected chi connectivity index (χ2v) is 7.87. The van der Waals surface area contributed by atoms with Gasteiger partial charge in [0.15, 0.2) is 0 Å². The zero-order valence-corrected chi connectivity index (χ0v) is 16.9. The monoisotopic (exact) mass is 433 g/mol. The lowest BCUT2D eigenvalue weighted by molar-refractivity contribution is -0.137. The SMILES string of the molecule is Cc1ccc(CN2CCc3c(nc(-c4ccc(C(F)(F)F)cc4)[nH]c3=O)C2)cc1Cl. The van der Waals surface area contributed by atoms with Crippen LogP contribution in [0.2, 0.25) is 5.02 Å². The number of nitrogens with zero attached hydrogens (tertiary/aromatic N) is 2. The minimum absolute atomic E-state index is 0.243. The Morgan fingerprint density at radius 2 is 1.90 bits per heavy atom. The Hall–Kier alpha value is -2.64. The third-order valence-corrected chi connectivity index (χ3v) is 5.69. The van der Waals surface area contributed by atoms with Gasteiger partial charge in [0.2, 0.25) is 0 Å². The van der Waals surface area contributed by atoms with E-state index in [1.54, 1.807) is 0 Å². The lowest BCUT2D eigenvalue weighted by Gasteiger charge is -2.28. The van der Waals surface area contributed by atoms with E-state index in [0.29, 0.717) is 47.9 Å². The summed E-state index contributed by atoms with van der Waals surface area (Å²) in [6, 6.07) is 10.6. The Kier molecular flexibility index (Phi) is 5.42. The third-order valence-electron chi connectivity index (χ3n) is 5.28. The Bertz CT molecular complexity index is 1140. The lowest BCUT2D eigenvalue weighted by atomic mass is 10.0. The molecule has 30 heavy (non-hydrogen) atoms. The minimum atomic E-state index is -4.41. The fourth-order valence-corrected chi connectivity index (χ4v) is 3.78. The molecule has 1 aromatic heterocycles. The van der Waals surface area contributed by atoms with Crippen molar-refractivity contribution >= 4 is 11.6 Å². The summed E-state index contributed by atoms with van der Waals surface area (Å²) < 4.78 is 38.4. The van der Waals surface area contributed by atoms with Crippen LogP contribution in [0, 0.1) is 6.92 Å². The van der Waals surface area contributed by atoms with E-state index in [2.05, 4.69) is 14.9 Å². The van der Waals surface area contributed by atoms with Crippen molar-refractivity contribution in [1.82, 2.24) is 14.9 Å². The third kappa shape index (κ3) is 4.27. The van der Waals surface area contributed by atoms with Gasteiger partial charge in [0, 0.05) is 35.8 Å². The summed E-state index contributed by atoms with van der Waals surface area (Å²) in [6.07, 6.45) is -3.85. The van der Waals surface area contributed by atoms with Crippen LogP contribution in [0.25, 0.3) is 11.4 Å². The number of hydrogen-bond acceptors (Lipinski definition) is 3. The van der Waals surface area contributed by atoms with E-state index < -0.39 is 11.7 Å². The second-order valence-electron chi connectivity index (χ2n) is 7.46. The maximum atomic E-state index is 12.8. The molecule has 0 spiro atoms. The van der Waals surface area contributed by atoms with E-state index in [-0.39, 0.29) is 11.4 Å². The van der Waals surface area contributed by atoms with Gasteiger partial charge in [-0.3, -0.25) is 9.69 Å². The lowest BCUT2D eigenvalue weighted by Crippen LogP contribution is -2.35. The molecule has 0 saturated heterocycles. The first-order chi connectivity index (χ1) is 14.2. The molecular weight excluding hydrogens is 415 g/mol. The van der Waals surface area contributed by atoms with Gasteiger partial charge >= 0.3 is 6.18 Å². The topological polar surface area (TPSA) is 49.0 Å². The molecule has 0 radical (unpaired) electrons. The Morgan fingerprint density at radius 1 is 1.17 bits per heavy atom. The largest absolute Gasteiger partial charge is 0.416 e. The summed E-state index contributed by atoms with van der Waals surface area (Å²) in [7, 11) is 0. The first-order valence-electron chi connectivity index (χ1n) is 9.48. The fourth-order valence-electron chi connectivity index (χ4n) is 3.58. The summed E-state index contributed by atoms with van der Waals surface area (Å²) >= 11 is 6.21. The molecule has 2 heterocycles. The Balaban J connectivity index is 1.58. The number of alkyl halides is 3. The molecule has 4 nitrogen and oxygen atoms in total. The highest BCUT2D eigenvalue weighted by atomic mass is 35.5. The highest BCUT2D eigenvalue weighted by Crippen LogP contribution is 2.30. The van der Waals surface area contributed by atoms with Gasteiger partial charge < -0.3 is 4.98 Å². The molecule has 0 amide bonds. The van der Waals surface area contributed by atoms with Crippen LogP contribution in [-0.4, -0.2) is 21.4 Å². The summed E-state index contributed by atoms with van der Waals surface area (Å²) in [4.78, 5) is 22.0. The van der Waals surface area contributed by atoms with Crippen LogP contribution in [0.5, 0.6) is 0 Å². The number of nitrogens with one attached hydrogen (secondary N) is 1. The molecule has 0 unspecified atom stereocenters. The van der Waals surface area contributed by atoms with E-state index in [4.69, 9.17) is 11.6 Å². The number of aromatic amines is 1. The molecule has 0 saturated carbocycles. The van der Waals surface area contributed by atoms with Crippen LogP contribution >= 0.6 is 11.6 Å². The molecule has 3 aromatic rings. The van der Waals surface area contributed by atoms with E-state index in [1.165, 1.54) is 12.1 Å². The number of aryl methyl sites for hydroxylation is 1. The predicted octanol–water partition coefficient (Wildman–Crippen LogP) is 4.98. The first kappa shape index (κ1) is 20.6. The normalized spacial score (nSPS) is 14.6. The smallest absolute Gasteiger partial charge is 0.306 e. The highest BCUT2D eigenvalue weighted by Gasteiger charge is 2.30. The van der Waals surface area contributed by atoms with Crippen LogP contribution in [0.3, 0.4) is 0 Å². The zero-order chi connectivity index (χ0) is 21.5. The number of rotatable bonds is 3. The maximum absolute atomic E-state index is 12.8. The number of fused-ring (bicyclic) bond motifs is 1. The fraction of sp³-hybridized carbons (Fsp3) is 0.273. The van der Waals surface area contributed by atoms with Crippen molar-refractivity contribution in [3.05, 3.63) is 85.8 Å². The summed E-state index contributed by atoms with van der Waals surface area (Å²) in [5.74, 6) is 0.271. The highest BCUT2D eigenvalue weighted by molar-refractivity contribution is 6.31. The van der Waals surface area contributed by atoms with E-state index in [0.717, 1.165) is 23.3 Å². The molecule has 1 aliphatic heterocycles. The van der Waals surface area contributed by atoms with Crippen molar-refractivity contribution in [2.45, 2.75) is 32.6 Å². The van der Waals surface area contributed by atoms with Crippen molar-refractivity contribution in [2.24, 2.45) is 0 Å². The first-order valence-corrected chi connectivity index (χ1v) is 9.85. The van der Waals surface area contributed by atoms with Crippen LogP contribution in [-0.2, 0) is 25.7 Å². The predicted molar refractivity (Wildman–Crippen MR) is 109 cm³/mol. The summed E-state index contributed by atoms with van der Waals surface area (Å²) in [6.45, 7) is 3.81. The van der Waals surface area contributed by atoms with Crippen LogP contribution in [0.1, 0.15) is 27.9 Å². The van der Waals surface area contributed by atoms with Gasteiger partial charge in [-0.2, -0.15) is 13.2 Å².